The Balaban J connectivity index is 4.47. The highest BCUT2D eigenvalue weighted by Gasteiger charge is 2.19. The van der Waals surface area contributed by atoms with Crippen LogP contribution in [0.5, 0.6) is 0 Å². The van der Waals surface area contributed by atoms with E-state index in [1.165, 1.54) is 122 Å². The molecule has 0 N–H and O–H groups in total. The van der Waals surface area contributed by atoms with Crippen molar-refractivity contribution in [1.29, 1.82) is 0 Å². The monoisotopic (exact) mass is 1080 g/mol. The number of hydrogen-bond donors (Lipinski definition) is 0. The van der Waals surface area contributed by atoms with Crippen molar-refractivity contribution in [3.63, 3.8) is 0 Å². The highest BCUT2D eigenvalue weighted by atomic mass is 16.6. The van der Waals surface area contributed by atoms with Crippen LogP contribution >= 0.6 is 0 Å². The Morgan fingerprint density at radius 3 is 0.833 bits per heavy atom. The van der Waals surface area contributed by atoms with E-state index in [1.54, 1.807) is 0 Å². The molecule has 1 unspecified atom stereocenters. The van der Waals surface area contributed by atoms with E-state index in [0.717, 1.165) is 116 Å². The van der Waals surface area contributed by atoms with E-state index >= 15 is 0 Å². The second-order valence-corrected chi connectivity index (χ2v) is 20.9. The number of carbonyl (C=O) groups excluding carboxylic acids is 3. The average Bonchev–Trinajstić information content (AvgIpc) is 3.44. The van der Waals surface area contributed by atoms with Crippen LogP contribution in [0, 0.1) is 0 Å². The van der Waals surface area contributed by atoms with E-state index in [2.05, 4.69) is 154 Å². The Morgan fingerprint density at radius 1 is 0.269 bits per heavy atom. The van der Waals surface area contributed by atoms with Crippen molar-refractivity contribution in [1.82, 2.24) is 0 Å². The van der Waals surface area contributed by atoms with Gasteiger partial charge in [0, 0.05) is 19.3 Å². The molecule has 6 heteroatoms. The molecule has 0 spiro atoms. The van der Waals surface area contributed by atoms with Crippen LogP contribution in [0.15, 0.2) is 134 Å². The summed E-state index contributed by atoms with van der Waals surface area (Å²) in [4.78, 5) is 38.3. The number of hydrogen-bond acceptors (Lipinski definition) is 6. The van der Waals surface area contributed by atoms with Gasteiger partial charge in [0.05, 0.1) is 0 Å². The largest absolute Gasteiger partial charge is 0.462 e. The zero-order valence-corrected chi connectivity index (χ0v) is 50.6. The molecule has 0 aromatic carbocycles. The molecule has 0 rings (SSSR count). The maximum Gasteiger partial charge on any atom is 0.306 e. The van der Waals surface area contributed by atoms with Gasteiger partial charge in [-0.1, -0.05) is 289 Å². The quantitative estimate of drug-likeness (QED) is 0.0261. The fourth-order valence-corrected chi connectivity index (χ4v) is 8.66. The fraction of sp³-hybridized carbons (Fsp3) is 0.653. The second-order valence-electron chi connectivity index (χ2n) is 20.9. The third-order valence-corrected chi connectivity index (χ3v) is 13.4. The average molecular weight is 1080 g/mol. The van der Waals surface area contributed by atoms with E-state index in [1.807, 2.05) is 0 Å². The number of esters is 3. The first-order valence-corrected chi connectivity index (χ1v) is 32.2. The number of allylic oxidation sites excluding steroid dienone is 22. The normalized spacial score (nSPS) is 13.0. The lowest BCUT2D eigenvalue weighted by Crippen LogP contribution is -2.30. The molecule has 6 nitrogen and oxygen atoms in total. The maximum atomic E-state index is 12.9. The summed E-state index contributed by atoms with van der Waals surface area (Å²) in [5, 5.41) is 0. The molecule has 0 fully saturated rings. The maximum absolute atomic E-state index is 12.9. The Kier molecular flexibility index (Phi) is 61.4. The summed E-state index contributed by atoms with van der Waals surface area (Å²) in [5.41, 5.74) is 0. The Bertz CT molecular complexity index is 1670. The molecule has 0 heterocycles. The Morgan fingerprint density at radius 2 is 0.513 bits per heavy atom. The number of ether oxygens (including phenoxy) is 3. The minimum atomic E-state index is -0.808. The van der Waals surface area contributed by atoms with Crippen LogP contribution in [0.3, 0.4) is 0 Å². The zero-order chi connectivity index (χ0) is 56.4. The summed E-state index contributed by atoms with van der Waals surface area (Å²) in [5.74, 6) is -0.961. The second kappa shape index (κ2) is 65.1. The topological polar surface area (TPSA) is 78.9 Å². The summed E-state index contributed by atoms with van der Waals surface area (Å²) < 4.78 is 16.9. The molecular weight excluding hydrogens is 961 g/mol. The smallest absolute Gasteiger partial charge is 0.306 e. The van der Waals surface area contributed by atoms with Crippen molar-refractivity contribution in [3.05, 3.63) is 134 Å². The van der Waals surface area contributed by atoms with E-state index in [4.69, 9.17) is 14.2 Å². The SMILES string of the molecule is CC/C=C\C/C=C\C/C=C\C/C=C\C/C=C\C/C=C\C/C=C\CCCC(=O)OCC(COC(=O)CCCCCCCCCCCCCCCC)OC(=O)CCCCCCCCCCCC/C=C\C/C=C\C/C=C\C/C=C\CC. The van der Waals surface area contributed by atoms with Crippen molar-refractivity contribution in [2.45, 2.75) is 290 Å². The van der Waals surface area contributed by atoms with E-state index in [0.29, 0.717) is 19.3 Å². The van der Waals surface area contributed by atoms with E-state index in [-0.39, 0.29) is 37.5 Å². The van der Waals surface area contributed by atoms with Crippen LogP contribution < -0.4 is 0 Å². The van der Waals surface area contributed by atoms with Gasteiger partial charge in [-0.25, -0.2) is 0 Å². The molecule has 0 radical (unpaired) electrons. The molecule has 1 atom stereocenters. The fourth-order valence-electron chi connectivity index (χ4n) is 8.66. The van der Waals surface area contributed by atoms with Crippen LogP contribution in [-0.4, -0.2) is 37.2 Å². The first kappa shape index (κ1) is 73.5. The number of carbonyl (C=O) groups is 3. The molecule has 0 aliphatic carbocycles. The van der Waals surface area contributed by atoms with E-state index < -0.39 is 6.10 Å². The molecular formula is C72H118O6. The van der Waals surface area contributed by atoms with Gasteiger partial charge in [-0.15, -0.1) is 0 Å². The van der Waals surface area contributed by atoms with Gasteiger partial charge < -0.3 is 14.2 Å². The molecule has 0 aliphatic heterocycles. The lowest BCUT2D eigenvalue weighted by Gasteiger charge is -2.18. The highest BCUT2D eigenvalue weighted by molar-refractivity contribution is 5.71. The standard InChI is InChI=1S/C72H118O6/c1-4-7-10-13-16-19-22-25-28-30-32-34-36-38-40-42-44-47-50-53-56-59-62-65-71(74)77-68-69(67-76-70(73)64-61-58-55-52-49-46-27-24-21-18-15-12-9-6-3)78-72(75)66-63-60-57-54-51-48-45-43-41-39-37-35-33-31-29-26-23-20-17-14-11-8-5-2/h7-8,10-11,16-17,19-20,25-26,28-29,32-35,38,40,44,47,53,56,69H,4-6,9,12-15,18,21-24,27,30-31,36-37,39,41-43,45-46,48-52,54-55,57-68H2,1-3H3/b10-7-,11-8-,19-16-,20-17-,28-25-,29-26-,34-32-,35-33-,40-38-,47-44-,56-53-. The van der Waals surface area contributed by atoms with Crippen LogP contribution in [0.4, 0.5) is 0 Å². The minimum absolute atomic E-state index is 0.0990. The lowest BCUT2D eigenvalue weighted by atomic mass is 10.0. The minimum Gasteiger partial charge on any atom is -0.462 e. The molecule has 0 aromatic heterocycles. The van der Waals surface area contributed by atoms with Crippen molar-refractivity contribution in [2.24, 2.45) is 0 Å². The Labute approximate surface area is 481 Å². The molecule has 0 saturated carbocycles. The predicted octanol–water partition coefficient (Wildman–Crippen LogP) is 22.2. The van der Waals surface area contributed by atoms with Gasteiger partial charge in [-0.05, 0) is 109 Å². The van der Waals surface area contributed by atoms with Gasteiger partial charge in [-0.2, -0.15) is 0 Å². The van der Waals surface area contributed by atoms with Crippen molar-refractivity contribution < 1.29 is 28.6 Å². The molecule has 78 heavy (non-hydrogen) atoms. The zero-order valence-electron chi connectivity index (χ0n) is 50.6. The Hall–Kier alpha value is -4.45. The molecule has 0 bridgehead atoms. The first-order chi connectivity index (χ1) is 38.5. The van der Waals surface area contributed by atoms with Crippen molar-refractivity contribution in [2.75, 3.05) is 13.2 Å². The van der Waals surface area contributed by atoms with Gasteiger partial charge in [-0.3, -0.25) is 14.4 Å². The molecule has 0 aromatic rings. The van der Waals surface area contributed by atoms with Crippen LogP contribution in [0.2, 0.25) is 0 Å². The molecule has 0 aliphatic rings. The van der Waals surface area contributed by atoms with Crippen LogP contribution in [0.25, 0.3) is 0 Å². The summed E-state index contributed by atoms with van der Waals surface area (Å²) >= 11 is 0. The van der Waals surface area contributed by atoms with Gasteiger partial charge in [0.2, 0.25) is 0 Å². The third-order valence-electron chi connectivity index (χ3n) is 13.4. The summed E-state index contributed by atoms with van der Waals surface area (Å²) in [6.07, 6.45) is 91.7. The highest BCUT2D eigenvalue weighted by Crippen LogP contribution is 2.16. The number of unbranched alkanes of at least 4 members (excludes halogenated alkanes) is 24. The van der Waals surface area contributed by atoms with Crippen LogP contribution in [-0.2, 0) is 28.6 Å². The first-order valence-electron chi connectivity index (χ1n) is 32.2. The molecule has 442 valence electrons. The van der Waals surface area contributed by atoms with Gasteiger partial charge in [0.1, 0.15) is 13.2 Å². The molecule has 0 amide bonds. The van der Waals surface area contributed by atoms with Gasteiger partial charge >= 0.3 is 17.9 Å². The van der Waals surface area contributed by atoms with Crippen LogP contribution in [0.1, 0.15) is 284 Å². The number of rotatable bonds is 57. The summed E-state index contributed by atoms with van der Waals surface area (Å²) in [6, 6.07) is 0. The summed E-state index contributed by atoms with van der Waals surface area (Å²) in [7, 11) is 0. The van der Waals surface area contributed by atoms with Gasteiger partial charge in [0.15, 0.2) is 6.10 Å². The van der Waals surface area contributed by atoms with Crippen molar-refractivity contribution >= 4 is 17.9 Å². The lowest BCUT2D eigenvalue weighted by molar-refractivity contribution is -0.167. The van der Waals surface area contributed by atoms with Gasteiger partial charge in [0.25, 0.3) is 0 Å². The van der Waals surface area contributed by atoms with Crippen molar-refractivity contribution in [3.8, 4) is 0 Å². The predicted molar refractivity (Wildman–Crippen MR) is 339 cm³/mol. The summed E-state index contributed by atoms with van der Waals surface area (Å²) in [6.45, 7) is 6.38. The third kappa shape index (κ3) is 62.4. The molecule has 0 saturated heterocycles. The van der Waals surface area contributed by atoms with E-state index in [9.17, 15) is 14.4 Å².